The van der Waals surface area contributed by atoms with Gasteiger partial charge in [0.2, 0.25) is 0 Å². The van der Waals surface area contributed by atoms with E-state index < -0.39 is 0 Å². The topological polar surface area (TPSA) is 26.7 Å². The molecule has 1 saturated heterocycles. The van der Waals surface area contributed by atoms with Gasteiger partial charge in [0.15, 0.2) is 0 Å². The molecule has 1 unspecified atom stereocenters. The minimum absolute atomic E-state index is 0.360. The summed E-state index contributed by atoms with van der Waals surface area (Å²) >= 11 is 0. The van der Waals surface area contributed by atoms with E-state index in [0.717, 1.165) is 31.1 Å². The van der Waals surface area contributed by atoms with E-state index in [0.29, 0.717) is 0 Å². The zero-order valence-corrected chi connectivity index (χ0v) is 13.0. The smallest absolute Gasteiger partial charge is 0.0916 e. The molecule has 20 heavy (non-hydrogen) atoms. The number of hydrogen-bond donors (Lipinski definition) is 1. The average Bonchev–Trinajstić information content (AvgIpc) is 2.41. The molecule has 1 aliphatic rings. The first-order valence-corrected chi connectivity index (χ1v) is 7.66. The van der Waals surface area contributed by atoms with Crippen molar-refractivity contribution in [3.05, 3.63) is 35.4 Å². The Kier molecular flexibility index (Phi) is 5.58. The maximum absolute atomic E-state index is 10.3. The summed E-state index contributed by atoms with van der Waals surface area (Å²) in [6.07, 6.45) is 2.14. The number of piperidine rings is 1. The first-order chi connectivity index (χ1) is 9.54. The number of aliphatic hydroxyl groups excluding tert-OH is 1. The normalized spacial score (nSPS) is 19.4. The van der Waals surface area contributed by atoms with E-state index in [4.69, 9.17) is 0 Å². The Morgan fingerprint density at radius 2 is 1.80 bits per heavy atom. The Balaban J connectivity index is 1.79. The molecule has 1 aromatic rings. The van der Waals surface area contributed by atoms with Crippen LogP contribution in [0.3, 0.4) is 0 Å². The van der Waals surface area contributed by atoms with Crippen LogP contribution in [0.5, 0.6) is 0 Å². The van der Waals surface area contributed by atoms with Crippen LogP contribution in [0, 0.1) is 12.8 Å². The van der Waals surface area contributed by atoms with E-state index >= 15 is 0 Å². The summed E-state index contributed by atoms with van der Waals surface area (Å²) in [5.74, 6) is 0.817. The SMILES string of the molecule is Cc1ccc(C(O)CN2CCC(CN(C)C)CC2)cc1. The van der Waals surface area contributed by atoms with E-state index in [9.17, 15) is 5.11 Å². The second kappa shape index (κ2) is 7.21. The molecule has 0 saturated carbocycles. The Morgan fingerprint density at radius 1 is 1.20 bits per heavy atom. The summed E-state index contributed by atoms with van der Waals surface area (Å²) < 4.78 is 0. The Labute approximate surface area is 123 Å². The fraction of sp³-hybridized carbons (Fsp3) is 0.647. The van der Waals surface area contributed by atoms with Gasteiger partial charge in [0.05, 0.1) is 6.10 Å². The Bertz CT molecular complexity index is 394. The first kappa shape index (κ1) is 15.5. The molecular formula is C17H28N2O. The predicted molar refractivity (Wildman–Crippen MR) is 83.9 cm³/mol. The van der Waals surface area contributed by atoms with Crippen molar-refractivity contribution >= 4 is 0 Å². The fourth-order valence-corrected chi connectivity index (χ4v) is 3.01. The van der Waals surface area contributed by atoms with Crippen LogP contribution in [0.2, 0.25) is 0 Å². The standard InChI is InChI=1S/C17H28N2O/c1-14-4-6-16(7-5-14)17(20)13-19-10-8-15(9-11-19)12-18(2)3/h4-7,15,17,20H,8-13H2,1-3H3. The molecule has 1 N–H and O–H groups in total. The molecule has 0 radical (unpaired) electrons. The van der Waals surface area contributed by atoms with Crippen molar-refractivity contribution in [3.8, 4) is 0 Å². The number of β-amino-alcohol motifs (C(OH)–C–C–N with tert-alkyl or cyclic N) is 1. The lowest BCUT2D eigenvalue weighted by molar-refractivity contribution is 0.0847. The van der Waals surface area contributed by atoms with Gasteiger partial charge < -0.3 is 14.9 Å². The second-order valence-corrected chi connectivity index (χ2v) is 6.43. The van der Waals surface area contributed by atoms with E-state index in [1.54, 1.807) is 0 Å². The van der Waals surface area contributed by atoms with Crippen molar-refractivity contribution in [1.82, 2.24) is 9.80 Å². The highest BCUT2D eigenvalue weighted by atomic mass is 16.3. The predicted octanol–water partition coefficient (Wildman–Crippen LogP) is 2.30. The Morgan fingerprint density at radius 3 is 2.35 bits per heavy atom. The summed E-state index contributed by atoms with van der Waals surface area (Å²) in [5, 5.41) is 10.3. The van der Waals surface area contributed by atoms with Gasteiger partial charge in [-0.3, -0.25) is 0 Å². The number of rotatable bonds is 5. The van der Waals surface area contributed by atoms with Crippen LogP contribution >= 0.6 is 0 Å². The van der Waals surface area contributed by atoms with Crippen LogP contribution in [0.4, 0.5) is 0 Å². The van der Waals surface area contributed by atoms with E-state index in [1.807, 2.05) is 12.1 Å². The molecule has 112 valence electrons. The van der Waals surface area contributed by atoms with Crippen LogP contribution in [0.15, 0.2) is 24.3 Å². The van der Waals surface area contributed by atoms with Gasteiger partial charge in [-0.1, -0.05) is 29.8 Å². The molecular weight excluding hydrogens is 248 g/mol. The highest BCUT2D eigenvalue weighted by molar-refractivity contribution is 5.23. The minimum Gasteiger partial charge on any atom is -0.387 e. The van der Waals surface area contributed by atoms with Crippen LogP contribution < -0.4 is 0 Å². The van der Waals surface area contributed by atoms with E-state index in [2.05, 4.69) is 43.0 Å². The summed E-state index contributed by atoms with van der Waals surface area (Å²) in [6, 6.07) is 8.22. The summed E-state index contributed by atoms with van der Waals surface area (Å²) in [7, 11) is 4.29. The molecule has 0 amide bonds. The molecule has 3 nitrogen and oxygen atoms in total. The fourth-order valence-electron chi connectivity index (χ4n) is 3.01. The third-order valence-corrected chi connectivity index (χ3v) is 4.22. The van der Waals surface area contributed by atoms with E-state index in [-0.39, 0.29) is 6.10 Å². The molecule has 0 spiro atoms. The van der Waals surface area contributed by atoms with Crippen molar-refractivity contribution in [3.63, 3.8) is 0 Å². The Hall–Kier alpha value is -0.900. The van der Waals surface area contributed by atoms with Crippen molar-refractivity contribution in [2.24, 2.45) is 5.92 Å². The lowest BCUT2D eigenvalue weighted by Crippen LogP contribution is -2.39. The molecule has 0 aromatic heterocycles. The lowest BCUT2D eigenvalue weighted by atomic mass is 9.96. The van der Waals surface area contributed by atoms with Crippen molar-refractivity contribution < 1.29 is 5.11 Å². The van der Waals surface area contributed by atoms with Crippen molar-refractivity contribution in [1.29, 1.82) is 0 Å². The van der Waals surface area contributed by atoms with Crippen LogP contribution in [0.25, 0.3) is 0 Å². The highest BCUT2D eigenvalue weighted by Gasteiger charge is 2.21. The van der Waals surface area contributed by atoms with Gasteiger partial charge in [0.25, 0.3) is 0 Å². The molecule has 1 heterocycles. The van der Waals surface area contributed by atoms with Gasteiger partial charge in [-0.25, -0.2) is 0 Å². The summed E-state index contributed by atoms with van der Waals surface area (Å²) in [6.45, 7) is 6.25. The first-order valence-electron chi connectivity index (χ1n) is 7.66. The van der Waals surface area contributed by atoms with Gasteiger partial charge in [-0.05, 0) is 58.4 Å². The minimum atomic E-state index is -0.360. The molecule has 1 fully saturated rings. The number of aliphatic hydroxyl groups is 1. The molecule has 0 aliphatic carbocycles. The average molecular weight is 276 g/mol. The molecule has 0 bridgehead atoms. The maximum Gasteiger partial charge on any atom is 0.0916 e. The van der Waals surface area contributed by atoms with E-state index in [1.165, 1.54) is 24.9 Å². The van der Waals surface area contributed by atoms with Crippen molar-refractivity contribution in [2.45, 2.75) is 25.9 Å². The third kappa shape index (κ3) is 4.58. The van der Waals surface area contributed by atoms with Gasteiger partial charge >= 0.3 is 0 Å². The number of benzene rings is 1. The van der Waals surface area contributed by atoms with Crippen molar-refractivity contribution in [2.75, 3.05) is 40.3 Å². The third-order valence-electron chi connectivity index (χ3n) is 4.22. The zero-order valence-electron chi connectivity index (χ0n) is 13.0. The molecule has 1 aliphatic heterocycles. The second-order valence-electron chi connectivity index (χ2n) is 6.43. The molecule has 2 rings (SSSR count). The quantitative estimate of drug-likeness (QED) is 0.894. The monoisotopic (exact) mass is 276 g/mol. The number of hydrogen-bond acceptors (Lipinski definition) is 3. The van der Waals surface area contributed by atoms with Crippen LogP contribution in [-0.4, -0.2) is 55.2 Å². The van der Waals surface area contributed by atoms with Crippen LogP contribution in [-0.2, 0) is 0 Å². The van der Waals surface area contributed by atoms with Crippen LogP contribution in [0.1, 0.15) is 30.1 Å². The molecule has 1 atom stereocenters. The summed E-state index contributed by atoms with van der Waals surface area (Å²) in [4.78, 5) is 4.68. The number of likely N-dealkylation sites (tertiary alicyclic amines) is 1. The number of nitrogens with zero attached hydrogens (tertiary/aromatic N) is 2. The lowest BCUT2D eigenvalue weighted by Gasteiger charge is -2.34. The molecule has 1 aromatic carbocycles. The van der Waals surface area contributed by atoms with Gasteiger partial charge in [0, 0.05) is 13.1 Å². The van der Waals surface area contributed by atoms with Gasteiger partial charge in [0.1, 0.15) is 0 Å². The largest absolute Gasteiger partial charge is 0.387 e. The maximum atomic E-state index is 10.3. The summed E-state index contributed by atoms with van der Waals surface area (Å²) in [5.41, 5.74) is 2.27. The van der Waals surface area contributed by atoms with Gasteiger partial charge in [-0.2, -0.15) is 0 Å². The van der Waals surface area contributed by atoms with Gasteiger partial charge in [-0.15, -0.1) is 0 Å². The highest BCUT2D eigenvalue weighted by Crippen LogP contribution is 2.21. The molecule has 3 heteroatoms. The number of aryl methyl sites for hydroxylation is 1. The zero-order chi connectivity index (χ0) is 14.5.